The van der Waals surface area contributed by atoms with Gasteiger partial charge in [0, 0.05) is 25.7 Å². The van der Waals surface area contributed by atoms with E-state index in [4.69, 9.17) is 9.72 Å². The lowest BCUT2D eigenvalue weighted by Crippen LogP contribution is -2.40. The number of imidazole rings is 1. The van der Waals surface area contributed by atoms with Crippen LogP contribution in [0.4, 0.5) is 5.13 Å². The monoisotopic (exact) mass is 494 g/mol. The summed E-state index contributed by atoms with van der Waals surface area (Å²) in [5.74, 6) is 1.57. The van der Waals surface area contributed by atoms with Crippen LogP contribution < -0.4 is 5.32 Å². The molecule has 0 bridgehead atoms. The molecule has 1 N–H and O–H groups in total. The number of ether oxygens (including phenoxy) is 1. The minimum Gasteiger partial charge on any atom is -0.379 e. The first-order valence-corrected chi connectivity index (χ1v) is 14.1. The lowest BCUT2D eigenvalue weighted by atomic mass is 10.3. The summed E-state index contributed by atoms with van der Waals surface area (Å²) in [5.41, 5.74) is 1.66. The summed E-state index contributed by atoms with van der Waals surface area (Å²) in [6.07, 6.45) is 3.36. The maximum atomic E-state index is 13.1. The molecule has 1 aromatic carbocycles. The van der Waals surface area contributed by atoms with Gasteiger partial charge in [-0.3, -0.25) is 0 Å². The highest BCUT2D eigenvalue weighted by Gasteiger charge is 2.27. The molecule has 0 spiro atoms. The molecule has 3 heterocycles. The van der Waals surface area contributed by atoms with Crippen molar-refractivity contribution in [2.24, 2.45) is 0 Å². The summed E-state index contributed by atoms with van der Waals surface area (Å²) in [6.45, 7) is 4.57. The normalized spacial score (nSPS) is 17.8. The van der Waals surface area contributed by atoms with Crippen LogP contribution in [0.1, 0.15) is 32.0 Å². The van der Waals surface area contributed by atoms with Crippen LogP contribution in [0, 0.1) is 0 Å². The second kappa shape index (κ2) is 9.26. The number of aromatic nitrogens is 4. The number of morpholine rings is 1. The summed E-state index contributed by atoms with van der Waals surface area (Å²) in [7, 11) is -3.55. The van der Waals surface area contributed by atoms with Crippen molar-refractivity contribution in [3.05, 3.63) is 24.0 Å². The Kier molecular flexibility index (Phi) is 6.39. The molecular weight excluding hydrogens is 468 g/mol. The van der Waals surface area contributed by atoms with E-state index < -0.39 is 10.0 Å². The third-order valence-corrected chi connectivity index (χ3v) is 9.37. The lowest BCUT2D eigenvalue weighted by Gasteiger charge is -2.26. The molecular formula is C20H26N6O3S3. The Balaban J connectivity index is 1.38. The Labute approximate surface area is 195 Å². The van der Waals surface area contributed by atoms with E-state index in [9.17, 15) is 8.42 Å². The highest BCUT2D eigenvalue weighted by Crippen LogP contribution is 2.32. The van der Waals surface area contributed by atoms with Gasteiger partial charge in [-0.15, -0.1) is 10.2 Å². The number of benzene rings is 1. The third-order valence-electron chi connectivity index (χ3n) is 5.49. The summed E-state index contributed by atoms with van der Waals surface area (Å²) < 4.78 is 36.0. The number of thioether (sulfide) groups is 1. The molecule has 2 aliphatic rings. The van der Waals surface area contributed by atoms with Crippen LogP contribution in [0.15, 0.2) is 27.4 Å². The topological polar surface area (TPSA) is 102 Å². The minimum absolute atomic E-state index is 0.284. The van der Waals surface area contributed by atoms with Crippen molar-refractivity contribution in [2.75, 3.05) is 31.6 Å². The van der Waals surface area contributed by atoms with Crippen molar-refractivity contribution >= 4 is 49.3 Å². The number of hydrogen-bond donors (Lipinski definition) is 1. The van der Waals surface area contributed by atoms with Gasteiger partial charge in [-0.2, -0.15) is 4.31 Å². The first kappa shape index (κ1) is 22.1. The van der Waals surface area contributed by atoms with Gasteiger partial charge in [-0.25, -0.2) is 13.4 Å². The van der Waals surface area contributed by atoms with E-state index in [1.54, 1.807) is 35.2 Å². The molecule has 2 fully saturated rings. The molecule has 9 nitrogen and oxygen atoms in total. The van der Waals surface area contributed by atoms with Gasteiger partial charge < -0.3 is 14.6 Å². The number of aryl methyl sites for hydroxylation is 1. The SMILES string of the molecule is CCCn1c(CSc2nnc(NC3CC3)s2)nc2cc(S(=O)(=O)N3CCOCC3)ccc21. The number of fused-ring (bicyclic) bond motifs is 1. The van der Waals surface area contributed by atoms with E-state index in [-0.39, 0.29) is 4.90 Å². The van der Waals surface area contributed by atoms with Gasteiger partial charge in [0.15, 0.2) is 4.34 Å². The fourth-order valence-corrected chi connectivity index (χ4v) is 6.90. The van der Waals surface area contributed by atoms with Crippen LogP contribution in [-0.4, -0.2) is 64.8 Å². The summed E-state index contributed by atoms with van der Waals surface area (Å²) in [5, 5.41) is 12.7. The van der Waals surface area contributed by atoms with Crippen LogP contribution in [0.3, 0.4) is 0 Å². The highest BCUT2D eigenvalue weighted by atomic mass is 32.2. The third kappa shape index (κ3) is 4.65. The Morgan fingerprint density at radius 2 is 2.06 bits per heavy atom. The Bertz CT molecular complexity index is 1200. The first-order chi connectivity index (χ1) is 15.5. The van der Waals surface area contributed by atoms with Crippen LogP contribution in [-0.2, 0) is 27.1 Å². The van der Waals surface area contributed by atoms with Crippen molar-refractivity contribution in [1.82, 2.24) is 24.1 Å². The molecule has 0 amide bonds. The molecule has 32 heavy (non-hydrogen) atoms. The highest BCUT2D eigenvalue weighted by molar-refractivity contribution is 8.00. The lowest BCUT2D eigenvalue weighted by molar-refractivity contribution is 0.0730. The van der Waals surface area contributed by atoms with Crippen LogP contribution in [0.5, 0.6) is 0 Å². The van der Waals surface area contributed by atoms with E-state index in [1.165, 1.54) is 17.1 Å². The van der Waals surface area contributed by atoms with Crippen molar-refractivity contribution < 1.29 is 13.2 Å². The van der Waals surface area contributed by atoms with E-state index >= 15 is 0 Å². The molecule has 12 heteroatoms. The van der Waals surface area contributed by atoms with Gasteiger partial charge in [-0.05, 0) is 37.5 Å². The molecule has 0 radical (unpaired) electrons. The molecule has 1 saturated heterocycles. The molecule has 172 valence electrons. The predicted octanol–water partition coefficient (Wildman–Crippen LogP) is 3.19. The molecule has 2 aromatic heterocycles. The van der Waals surface area contributed by atoms with E-state index in [1.807, 2.05) is 6.07 Å². The maximum Gasteiger partial charge on any atom is 0.243 e. The van der Waals surface area contributed by atoms with Gasteiger partial charge in [-0.1, -0.05) is 30.0 Å². The van der Waals surface area contributed by atoms with Crippen molar-refractivity contribution in [1.29, 1.82) is 0 Å². The molecule has 0 atom stereocenters. The van der Waals surface area contributed by atoms with Gasteiger partial charge >= 0.3 is 0 Å². The predicted molar refractivity (Wildman–Crippen MR) is 126 cm³/mol. The quantitative estimate of drug-likeness (QED) is 0.453. The zero-order valence-corrected chi connectivity index (χ0v) is 20.3. The zero-order chi connectivity index (χ0) is 22.1. The Morgan fingerprint density at radius 1 is 1.25 bits per heavy atom. The second-order valence-electron chi connectivity index (χ2n) is 7.93. The number of anilines is 1. The molecule has 1 saturated carbocycles. The van der Waals surface area contributed by atoms with Crippen LogP contribution >= 0.6 is 23.1 Å². The van der Waals surface area contributed by atoms with Crippen molar-refractivity contribution in [3.8, 4) is 0 Å². The standard InChI is InChI=1S/C20H26N6O3S3/c1-2-7-26-17-6-5-15(32(27,28)25-8-10-29-11-9-25)12-16(17)22-18(26)13-30-20-24-23-19(31-20)21-14-3-4-14/h5-6,12,14H,2-4,7-11,13H2,1H3,(H,21,23). The fraction of sp³-hybridized carbons (Fsp3) is 0.550. The second-order valence-corrected chi connectivity index (χ2v) is 12.1. The average Bonchev–Trinajstić information content (AvgIpc) is 3.39. The number of nitrogens with one attached hydrogen (secondary N) is 1. The van der Waals surface area contributed by atoms with Gasteiger partial charge in [0.25, 0.3) is 0 Å². The van der Waals surface area contributed by atoms with Crippen molar-refractivity contribution in [3.63, 3.8) is 0 Å². The molecule has 1 aliphatic heterocycles. The largest absolute Gasteiger partial charge is 0.379 e. The summed E-state index contributed by atoms with van der Waals surface area (Å²) in [6, 6.07) is 5.82. The molecule has 3 aromatic rings. The van der Waals surface area contributed by atoms with Gasteiger partial charge in [0.2, 0.25) is 15.2 Å². The smallest absolute Gasteiger partial charge is 0.243 e. The molecule has 0 unspecified atom stereocenters. The number of hydrogen-bond acceptors (Lipinski definition) is 9. The Hall–Kier alpha value is -1.73. The van der Waals surface area contributed by atoms with Crippen molar-refractivity contribution in [2.45, 2.75) is 53.8 Å². The molecule has 5 rings (SSSR count). The van der Waals surface area contributed by atoms with E-state index in [2.05, 4.69) is 27.0 Å². The number of sulfonamides is 1. The maximum absolute atomic E-state index is 13.1. The number of rotatable bonds is 9. The van der Waals surface area contributed by atoms with Crippen LogP contribution in [0.25, 0.3) is 11.0 Å². The zero-order valence-electron chi connectivity index (χ0n) is 17.9. The summed E-state index contributed by atoms with van der Waals surface area (Å²) >= 11 is 3.18. The van der Waals surface area contributed by atoms with Gasteiger partial charge in [0.1, 0.15) is 5.82 Å². The van der Waals surface area contributed by atoms with E-state index in [0.29, 0.717) is 43.6 Å². The number of nitrogens with zero attached hydrogens (tertiary/aromatic N) is 5. The van der Waals surface area contributed by atoms with Gasteiger partial charge in [0.05, 0.1) is 34.9 Å². The van der Waals surface area contributed by atoms with E-state index in [0.717, 1.165) is 33.8 Å². The fourth-order valence-electron chi connectivity index (χ4n) is 3.69. The Morgan fingerprint density at radius 3 is 2.81 bits per heavy atom. The average molecular weight is 495 g/mol. The first-order valence-electron chi connectivity index (χ1n) is 10.8. The van der Waals surface area contributed by atoms with Crippen LogP contribution in [0.2, 0.25) is 0 Å². The minimum atomic E-state index is -3.55. The summed E-state index contributed by atoms with van der Waals surface area (Å²) in [4.78, 5) is 5.09. The molecule has 1 aliphatic carbocycles.